The van der Waals surface area contributed by atoms with Crippen LogP contribution in [-0.4, -0.2) is 33.2 Å². The number of ether oxygens (including phenoxy) is 1. The van der Waals surface area contributed by atoms with Crippen LogP contribution in [0.3, 0.4) is 0 Å². The predicted molar refractivity (Wildman–Crippen MR) is 104 cm³/mol. The van der Waals surface area contributed by atoms with E-state index in [1.54, 1.807) is 0 Å². The van der Waals surface area contributed by atoms with E-state index in [1.807, 2.05) is 36.4 Å². The number of hydrogen-bond acceptors (Lipinski definition) is 5. The van der Waals surface area contributed by atoms with Crippen LogP contribution in [0.2, 0.25) is 0 Å². The zero-order chi connectivity index (χ0) is 19.6. The number of aromatic hydroxyl groups is 1. The molecule has 0 aliphatic carbocycles. The van der Waals surface area contributed by atoms with Gasteiger partial charge in [0, 0.05) is 12.0 Å². The van der Waals surface area contributed by atoms with Crippen LogP contribution in [-0.2, 0) is 21.4 Å². The Hall–Kier alpha value is -2.89. The number of hydrogen-bond donors (Lipinski definition) is 1. The molecule has 0 unspecified atom stereocenters. The third kappa shape index (κ3) is 4.10. The van der Waals surface area contributed by atoms with Crippen LogP contribution in [0.25, 0.3) is 16.7 Å². The van der Waals surface area contributed by atoms with Crippen molar-refractivity contribution in [1.29, 1.82) is 0 Å². The summed E-state index contributed by atoms with van der Waals surface area (Å²) in [5, 5.41) is 19.9. The van der Waals surface area contributed by atoms with Crippen molar-refractivity contribution in [3.8, 4) is 11.4 Å². The molecule has 0 radical (unpaired) electrons. The number of methoxy groups -OCH3 is 1. The van der Waals surface area contributed by atoms with Crippen LogP contribution < -0.4 is 0 Å². The van der Waals surface area contributed by atoms with Gasteiger partial charge in [-0.1, -0.05) is 39.0 Å². The van der Waals surface area contributed by atoms with E-state index in [2.05, 4.69) is 31.0 Å². The molecule has 0 amide bonds. The molecular weight excluding hydrogens is 342 g/mol. The number of carbonyl (C=O) groups is 1. The van der Waals surface area contributed by atoms with Crippen LogP contribution in [0.15, 0.2) is 36.4 Å². The highest BCUT2D eigenvalue weighted by atomic mass is 16.5. The molecular formula is C21H25N3O3. The largest absolute Gasteiger partial charge is 0.505 e. The summed E-state index contributed by atoms with van der Waals surface area (Å²) in [5.74, 6) is -0.0374. The minimum Gasteiger partial charge on any atom is -0.505 e. The lowest BCUT2D eigenvalue weighted by Crippen LogP contribution is -2.14. The van der Waals surface area contributed by atoms with Crippen molar-refractivity contribution in [1.82, 2.24) is 15.0 Å². The van der Waals surface area contributed by atoms with Gasteiger partial charge in [-0.15, -0.1) is 15.0 Å². The number of benzene rings is 2. The summed E-state index contributed by atoms with van der Waals surface area (Å²) in [6, 6.07) is 11.5. The topological polar surface area (TPSA) is 77.2 Å². The zero-order valence-electron chi connectivity index (χ0n) is 16.2. The van der Waals surface area contributed by atoms with E-state index >= 15 is 0 Å². The highest BCUT2D eigenvalue weighted by molar-refractivity contribution is 5.74. The first-order chi connectivity index (χ1) is 12.8. The lowest BCUT2D eigenvalue weighted by molar-refractivity contribution is -0.140. The number of fused-ring (bicyclic) bond motifs is 1. The quantitative estimate of drug-likeness (QED) is 0.692. The third-order valence-electron chi connectivity index (χ3n) is 4.53. The number of aryl methyl sites for hydroxylation is 1. The van der Waals surface area contributed by atoms with Crippen LogP contribution in [0.5, 0.6) is 5.75 Å². The highest BCUT2D eigenvalue weighted by Crippen LogP contribution is 2.36. The molecule has 6 nitrogen and oxygen atoms in total. The van der Waals surface area contributed by atoms with Gasteiger partial charge >= 0.3 is 5.97 Å². The fourth-order valence-electron chi connectivity index (χ4n) is 3.05. The highest BCUT2D eigenvalue weighted by Gasteiger charge is 2.23. The van der Waals surface area contributed by atoms with Crippen LogP contribution in [0.4, 0.5) is 0 Å². The van der Waals surface area contributed by atoms with Gasteiger partial charge < -0.3 is 9.84 Å². The fourth-order valence-corrected chi connectivity index (χ4v) is 3.05. The molecule has 27 heavy (non-hydrogen) atoms. The first-order valence-electron chi connectivity index (χ1n) is 9.05. The standard InChI is InChI=1S/C21H25N3O3/c1-21(2,3)15-12-14(8-7-11-19(25)27-4)13-18(20(15)26)24-22-16-9-5-6-10-17(16)23-24/h5-6,9-10,12-13,26H,7-8,11H2,1-4H3. The molecule has 0 atom stereocenters. The molecule has 3 rings (SSSR count). The number of nitrogens with zero attached hydrogens (tertiary/aromatic N) is 3. The lowest BCUT2D eigenvalue weighted by atomic mass is 9.84. The Labute approximate surface area is 158 Å². The smallest absolute Gasteiger partial charge is 0.305 e. The molecule has 0 saturated heterocycles. The van der Waals surface area contributed by atoms with E-state index in [-0.39, 0.29) is 17.1 Å². The van der Waals surface area contributed by atoms with E-state index in [4.69, 9.17) is 4.74 Å². The molecule has 142 valence electrons. The minimum atomic E-state index is -0.246. The predicted octanol–water partition coefficient (Wildman–Crippen LogP) is 3.92. The van der Waals surface area contributed by atoms with Crippen molar-refractivity contribution in [2.45, 2.75) is 45.4 Å². The SMILES string of the molecule is COC(=O)CCCc1cc(-n2nc3ccccc3n2)c(O)c(C(C)(C)C)c1. The number of aromatic nitrogens is 3. The molecule has 0 aliphatic heterocycles. The molecule has 1 heterocycles. The number of carbonyl (C=O) groups excluding carboxylic acids is 1. The van der Waals surface area contributed by atoms with Crippen LogP contribution >= 0.6 is 0 Å². The summed E-state index contributed by atoms with van der Waals surface area (Å²) < 4.78 is 4.71. The second-order valence-electron chi connectivity index (χ2n) is 7.67. The lowest BCUT2D eigenvalue weighted by Gasteiger charge is -2.23. The Kier molecular flexibility index (Phi) is 5.17. The molecule has 0 saturated carbocycles. The van der Waals surface area contributed by atoms with Crippen LogP contribution in [0.1, 0.15) is 44.7 Å². The molecule has 1 aromatic heterocycles. The Morgan fingerprint density at radius 1 is 1.15 bits per heavy atom. The average Bonchev–Trinajstić information content (AvgIpc) is 3.05. The molecule has 6 heteroatoms. The maximum absolute atomic E-state index is 11.4. The van der Waals surface area contributed by atoms with Crippen molar-refractivity contribution in [2.24, 2.45) is 0 Å². The van der Waals surface area contributed by atoms with E-state index in [0.717, 1.165) is 22.2 Å². The first-order valence-corrected chi connectivity index (χ1v) is 9.05. The number of esters is 1. The van der Waals surface area contributed by atoms with Gasteiger partial charge in [-0.25, -0.2) is 0 Å². The fraction of sp³-hybridized carbons (Fsp3) is 0.381. The van der Waals surface area contributed by atoms with Gasteiger partial charge in [-0.05, 0) is 42.0 Å². The zero-order valence-corrected chi connectivity index (χ0v) is 16.2. The summed E-state index contributed by atoms with van der Waals surface area (Å²) in [7, 11) is 1.40. The van der Waals surface area contributed by atoms with E-state index in [1.165, 1.54) is 11.9 Å². The Bertz CT molecular complexity index is 937. The van der Waals surface area contributed by atoms with Gasteiger partial charge in [-0.3, -0.25) is 4.79 Å². The molecule has 2 aromatic carbocycles. The maximum Gasteiger partial charge on any atom is 0.305 e. The Morgan fingerprint density at radius 2 is 1.78 bits per heavy atom. The van der Waals surface area contributed by atoms with Crippen molar-refractivity contribution < 1.29 is 14.6 Å². The monoisotopic (exact) mass is 367 g/mol. The molecule has 1 N–H and O–H groups in total. The van der Waals surface area contributed by atoms with Gasteiger partial charge in [0.2, 0.25) is 0 Å². The molecule has 0 fully saturated rings. The number of phenols is 1. The number of rotatable bonds is 5. The van der Waals surface area contributed by atoms with Crippen molar-refractivity contribution in [3.63, 3.8) is 0 Å². The number of phenolic OH excluding ortho intramolecular Hbond substituents is 1. The summed E-state index contributed by atoms with van der Waals surface area (Å²) >= 11 is 0. The normalized spacial score (nSPS) is 11.7. The molecule has 0 bridgehead atoms. The van der Waals surface area contributed by atoms with Crippen molar-refractivity contribution >= 4 is 17.0 Å². The summed E-state index contributed by atoms with van der Waals surface area (Å²) in [6.45, 7) is 6.16. The van der Waals surface area contributed by atoms with Gasteiger partial charge in [0.25, 0.3) is 0 Å². The first kappa shape index (κ1) is 18.9. The van der Waals surface area contributed by atoms with Gasteiger partial charge in [0.05, 0.1) is 7.11 Å². The molecule has 0 spiro atoms. The van der Waals surface area contributed by atoms with Crippen LogP contribution in [0, 0.1) is 0 Å². The Balaban J connectivity index is 2.03. The van der Waals surface area contributed by atoms with E-state index < -0.39 is 0 Å². The third-order valence-corrected chi connectivity index (χ3v) is 4.53. The van der Waals surface area contributed by atoms with E-state index in [9.17, 15) is 9.90 Å². The van der Waals surface area contributed by atoms with Gasteiger partial charge in [-0.2, -0.15) is 0 Å². The van der Waals surface area contributed by atoms with Crippen molar-refractivity contribution in [2.75, 3.05) is 7.11 Å². The van der Waals surface area contributed by atoms with Crippen molar-refractivity contribution in [3.05, 3.63) is 47.5 Å². The average molecular weight is 367 g/mol. The second-order valence-corrected chi connectivity index (χ2v) is 7.67. The Morgan fingerprint density at radius 3 is 2.33 bits per heavy atom. The molecule has 0 aliphatic rings. The summed E-state index contributed by atoms with van der Waals surface area (Å²) in [6.07, 6.45) is 1.74. The van der Waals surface area contributed by atoms with Gasteiger partial charge in [0.15, 0.2) is 0 Å². The minimum absolute atomic E-state index is 0.180. The molecule has 3 aromatic rings. The van der Waals surface area contributed by atoms with E-state index in [0.29, 0.717) is 24.9 Å². The van der Waals surface area contributed by atoms with Gasteiger partial charge in [0.1, 0.15) is 22.5 Å². The summed E-state index contributed by atoms with van der Waals surface area (Å²) in [5.41, 5.74) is 3.69. The summed E-state index contributed by atoms with van der Waals surface area (Å²) in [4.78, 5) is 12.9. The second kappa shape index (κ2) is 7.39. The maximum atomic E-state index is 11.4.